The van der Waals surface area contributed by atoms with E-state index in [1.165, 1.54) is 0 Å². The number of carbonyl (C=O) groups is 2. The van der Waals surface area contributed by atoms with Gasteiger partial charge in [-0.1, -0.05) is 0 Å². The van der Waals surface area contributed by atoms with Gasteiger partial charge in [-0.25, -0.2) is 14.0 Å². The van der Waals surface area contributed by atoms with E-state index in [-0.39, 0.29) is 6.61 Å². The highest BCUT2D eigenvalue weighted by Gasteiger charge is 2.47. The number of carboxylic acids is 2. The van der Waals surface area contributed by atoms with Gasteiger partial charge in [0.2, 0.25) is 0 Å². The summed E-state index contributed by atoms with van der Waals surface area (Å²) >= 11 is 0. The molecular weight excluding hydrogens is 207 g/mol. The zero-order chi connectivity index (χ0) is 12.3. The van der Waals surface area contributed by atoms with Gasteiger partial charge >= 0.3 is 17.6 Å². The van der Waals surface area contributed by atoms with E-state index in [0.717, 1.165) is 0 Å². The third kappa shape index (κ3) is 4.24. The SMILES string of the molecule is CC(C)(C)OCCC(F)(C(=O)O)C(=O)O. The Morgan fingerprint density at radius 3 is 1.87 bits per heavy atom. The van der Waals surface area contributed by atoms with Gasteiger partial charge in [0.25, 0.3) is 0 Å². The van der Waals surface area contributed by atoms with Crippen molar-refractivity contribution in [2.75, 3.05) is 6.61 Å². The molecule has 0 aromatic carbocycles. The Hall–Kier alpha value is -1.17. The van der Waals surface area contributed by atoms with Crippen molar-refractivity contribution in [3.8, 4) is 0 Å². The first-order valence-corrected chi connectivity index (χ1v) is 4.39. The standard InChI is InChI=1S/C9H15FO5/c1-8(2,3)15-5-4-9(10,6(11)12)7(13)14/h4-5H2,1-3H3,(H,11,12)(H,13,14). The molecule has 0 unspecified atom stereocenters. The van der Waals surface area contributed by atoms with Crippen LogP contribution in [0.4, 0.5) is 4.39 Å². The minimum atomic E-state index is -3.27. The minimum absolute atomic E-state index is 0.265. The van der Waals surface area contributed by atoms with Crippen molar-refractivity contribution in [1.82, 2.24) is 0 Å². The maximum atomic E-state index is 13.3. The third-order valence-electron chi connectivity index (χ3n) is 1.66. The molecule has 2 N–H and O–H groups in total. The molecule has 0 spiro atoms. The van der Waals surface area contributed by atoms with Crippen molar-refractivity contribution < 1.29 is 28.9 Å². The van der Waals surface area contributed by atoms with Crippen LogP contribution >= 0.6 is 0 Å². The van der Waals surface area contributed by atoms with Crippen LogP contribution in [0.5, 0.6) is 0 Å². The van der Waals surface area contributed by atoms with E-state index in [2.05, 4.69) is 0 Å². The first kappa shape index (κ1) is 13.8. The molecule has 0 aliphatic heterocycles. The first-order valence-electron chi connectivity index (χ1n) is 4.39. The largest absolute Gasteiger partial charge is 0.478 e. The molecule has 5 nitrogen and oxygen atoms in total. The van der Waals surface area contributed by atoms with Crippen LogP contribution in [-0.4, -0.2) is 40.0 Å². The Labute approximate surface area is 86.8 Å². The molecule has 0 radical (unpaired) electrons. The van der Waals surface area contributed by atoms with Gasteiger partial charge < -0.3 is 14.9 Å². The highest BCUT2D eigenvalue weighted by Crippen LogP contribution is 2.19. The van der Waals surface area contributed by atoms with Crippen LogP contribution < -0.4 is 0 Å². The van der Waals surface area contributed by atoms with Gasteiger partial charge in [0.15, 0.2) is 0 Å². The molecule has 0 rings (SSSR count). The average Bonchev–Trinajstić information content (AvgIpc) is 2.00. The highest BCUT2D eigenvalue weighted by atomic mass is 19.1. The minimum Gasteiger partial charge on any atom is -0.478 e. The number of hydrogen-bond donors (Lipinski definition) is 2. The third-order valence-corrected chi connectivity index (χ3v) is 1.66. The molecule has 88 valence electrons. The fourth-order valence-corrected chi connectivity index (χ4v) is 0.803. The van der Waals surface area contributed by atoms with E-state index in [0.29, 0.717) is 0 Å². The summed E-state index contributed by atoms with van der Waals surface area (Å²) < 4.78 is 18.4. The van der Waals surface area contributed by atoms with Gasteiger partial charge in [0.1, 0.15) is 0 Å². The molecule has 0 fully saturated rings. The summed E-state index contributed by atoms with van der Waals surface area (Å²) in [6, 6.07) is 0. The normalized spacial score (nSPS) is 12.5. The second-order valence-electron chi connectivity index (χ2n) is 4.12. The molecule has 0 saturated heterocycles. The number of aliphatic carboxylic acids is 2. The van der Waals surface area contributed by atoms with Crippen molar-refractivity contribution >= 4 is 11.9 Å². The summed E-state index contributed by atoms with van der Waals surface area (Å²) in [4.78, 5) is 20.8. The van der Waals surface area contributed by atoms with Crippen LogP contribution in [0.3, 0.4) is 0 Å². The lowest BCUT2D eigenvalue weighted by Crippen LogP contribution is -2.43. The number of alkyl halides is 1. The maximum absolute atomic E-state index is 13.3. The van der Waals surface area contributed by atoms with Gasteiger partial charge in [0.05, 0.1) is 12.2 Å². The zero-order valence-corrected chi connectivity index (χ0v) is 8.91. The molecule has 0 aliphatic carbocycles. The Bertz CT molecular complexity index is 242. The van der Waals surface area contributed by atoms with Crippen LogP contribution in [0.2, 0.25) is 0 Å². The molecule has 0 aliphatic rings. The van der Waals surface area contributed by atoms with Gasteiger partial charge in [-0.15, -0.1) is 0 Å². The number of carboxylic acid groups (broad SMARTS) is 2. The van der Waals surface area contributed by atoms with Crippen molar-refractivity contribution in [2.45, 2.75) is 38.5 Å². The van der Waals surface area contributed by atoms with Crippen molar-refractivity contribution in [3.05, 3.63) is 0 Å². The lowest BCUT2D eigenvalue weighted by Gasteiger charge is -2.22. The van der Waals surface area contributed by atoms with Gasteiger partial charge in [-0.05, 0) is 20.8 Å². The molecule has 15 heavy (non-hydrogen) atoms. The smallest absolute Gasteiger partial charge is 0.353 e. The maximum Gasteiger partial charge on any atom is 0.353 e. The van der Waals surface area contributed by atoms with Gasteiger partial charge in [-0.2, -0.15) is 0 Å². The fourth-order valence-electron chi connectivity index (χ4n) is 0.803. The lowest BCUT2D eigenvalue weighted by molar-refractivity contribution is -0.169. The van der Waals surface area contributed by atoms with Crippen molar-refractivity contribution in [2.24, 2.45) is 0 Å². The van der Waals surface area contributed by atoms with Gasteiger partial charge in [0, 0.05) is 6.42 Å². The van der Waals surface area contributed by atoms with Crippen LogP contribution in [-0.2, 0) is 14.3 Å². The summed E-state index contributed by atoms with van der Waals surface area (Å²) in [6.07, 6.45) is -0.713. The molecular formula is C9H15FO5. The summed E-state index contributed by atoms with van der Waals surface area (Å²) in [5, 5.41) is 16.8. The van der Waals surface area contributed by atoms with Crippen molar-refractivity contribution in [3.63, 3.8) is 0 Å². The Kier molecular flexibility index (Phi) is 4.21. The first-order chi connectivity index (χ1) is 6.59. The predicted octanol–water partition coefficient (Wildman–Crippen LogP) is 1.07. The summed E-state index contributed by atoms with van der Waals surface area (Å²) in [6.45, 7) is 4.84. The molecule has 0 atom stereocenters. The van der Waals surface area contributed by atoms with E-state index >= 15 is 0 Å². The number of rotatable bonds is 5. The quantitative estimate of drug-likeness (QED) is 0.680. The second kappa shape index (κ2) is 4.57. The fraction of sp³-hybridized carbons (Fsp3) is 0.778. The van der Waals surface area contributed by atoms with Crippen LogP contribution in [0.25, 0.3) is 0 Å². The van der Waals surface area contributed by atoms with Gasteiger partial charge in [-0.3, -0.25) is 0 Å². The van der Waals surface area contributed by atoms with E-state index in [1.54, 1.807) is 20.8 Å². The van der Waals surface area contributed by atoms with Crippen LogP contribution in [0, 0.1) is 0 Å². The molecule has 0 aromatic rings. The summed E-state index contributed by atoms with van der Waals surface area (Å²) in [5.41, 5.74) is -3.83. The Morgan fingerprint density at radius 2 is 1.60 bits per heavy atom. The monoisotopic (exact) mass is 222 g/mol. The highest BCUT2D eigenvalue weighted by molar-refractivity contribution is 6.01. The van der Waals surface area contributed by atoms with E-state index < -0.39 is 29.6 Å². The molecule has 0 amide bonds. The lowest BCUT2D eigenvalue weighted by atomic mass is 10.0. The van der Waals surface area contributed by atoms with Crippen molar-refractivity contribution in [1.29, 1.82) is 0 Å². The predicted molar refractivity (Wildman–Crippen MR) is 49.4 cm³/mol. The number of halogens is 1. The Balaban J connectivity index is 4.34. The average molecular weight is 222 g/mol. The number of hydrogen-bond acceptors (Lipinski definition) is 3. The Morgan fingerprint density at radius 1 is 1.20 bits per heavy atom. The summed E-state index contributed by atoms with van der Waals surface area (Å²) in [5.74, 6) is -4.01. The van der Waals surface area contributed by atoms with Crippen LogP contribution in [0.15, 0.2) is 0 Å². The molecule has 0 heterocycles. The summed E-state index contributed by atoms with van der Waals surface area (Å²) in [7, 11) is 0. The second-order valence-corrected chi connectivity index (χ2v) is 4.12. The van der Waals surface area contributed by atoms with E-state index in [4.69, 9.17) is 14.9 Å². The molecule has 0 bridgehead atoms. The molecule has 6 heteroatoms. The zero-order valence-electron chi connectivity index (χ0n) is 8.91. The van der Waals surface area contributed by atoms with E-state index in [1.807, 2.05) is 0 Å². The number of ether oxygens (including phenoxy) is 1. The molecule has 0 aromatic heterocycles. The molecule has 0 saturated carbocycles. The van der Waals surface area contributed by atoms with Crippen LogP contribution in [0.1, 0.15) is 27.2 Å². The van der Waals surface area contributed by atoms with E-state index in [9.17, 15) is 14.0 Å². The topological polar surface area (TPSA) is 83.8 Å².